The summed E-state index contributed by atoms with van der Waals surface area (Å²) in [6.07, 6.45) is 3.01. The zero-order chi connectivity index (χ0) is 38.7. The fourth-order valence-corrected chi connectivity index (χ4v) is 5.45. The zero-order valence-corrected chi connectivity index (χ0v) is 32.2. The summed E-state index contributed by atoms with van der Waals surface area (Å²) in [4.78, 5) is 58.9. The number of esters is 1. The summed E-state index contributed by atoms with van der Waals surface area (Å²) in [5.74, 6) is -1.16. The van der Waals surface area contributed by atoms with Crippen molar-refractivity contribution < 1.29 is 67.6 Å². The number of nitrogens with one attached hydrogen (secondary N) is 2. The second-order valence-electron chi connectivity index (χ2n) is 15.0. The van der Waals surface area contributed by atoms with E-state index in [9.17, 15) is 34.5 Å². The first-order valence-electron chi connectivity index (χ1n) is 17.4. The van der Waals surface area contributed by atoms with Gasteiger partial charge in [0.15, 0.2) is 5.60 Å². The molecule has 2 saturated heterocycles. The summed E-state index contributed by atoms with van der Waals surface area (Å²) >= 11 is 0. The monoisotopic (exact) mass is 736 g/mol. The van der Waals surface area contributed by atoms with Crippen molar-refractivity contribution in [2.24, 2.45) is 0 Å². The molecule has 0 aromatic carbocycles. The number of hydrogen-bond donors (Lipinski definition) is 4. The van der Waals surface area contributed by atoms with Crippen LogP contribution in [0.15, 0.2) is 36.7 Å². The average Bonchev–Trinajstić information content (AvgIpc) is 3.02. The fourth-order valence-electron chi connectivity index (χ4n) is 5.45. The fraction of sp³-hybridized carbons (Fsp3) is 0.611. The second-order valence-corrected chi connectivity index (χ2v) is 15.0. The number of carbonyl (C=O) groups is 4. The Morgan fingerprint density at radius 1 is 0.755 bits per heavy atom. The van der Waals surface area contributed by atoms with E-state index in [1.54, 1.807) is 73.0 Å². The molecule has 2 aromatic heterocycles. The van der Waals surface area contributed by atoms with E-state index >= 15 is 0 Å². The van der Waals surface area contributed by atoms with Crippen LogP contribution in [0.3, 0.4) is 0 Å². The molecule has 0 atom stereocenters. The third kappa shape index (κ3) is 15.6. The molecule has 2 aliphatic rings. The minimum atomic E-state index is -1.74. The molecule has 0 unspecified atom stereocenters. The number of hydrogen-bond acceptors (Lipinski definition) is 14. The van der Waals surface area contributed by atoms with Gasteiger partial charge in [-0.1, -0.05) is 0 Å². The van der Waals surface area contributed by atoms with Gasteiger partial charge < -0.3 is 34.3 Å². The molecule has 0 saturated carbocycles. The van der Waals surface area contributed by atoms with Gasteiger partial charge in [-0.2, -0.15) is 0 Å². The molecule has 0 aliphatic carbocycles. The third-order valence-corrected chi connectivity index (χ3v) is 8.12. The predicted molar refractivity (Wildman–Crippen MR) is 189 cm³/mol. The smallest absolute Gasteiger partial charge is 0.547 e. The zero-order valence-electron chi connectivity index (χ0n) is 32.2. The maximum absolute atomic E-state index is 11.9. The Bertz CT molecular complexity index is 1530. The molecule has 2 aliphatic heterocycles. The van der Waals surface area contributed by atoms with E-state index in [1.807, 2.05) is 17.0 Å². The summed E-state index contributed by atoms with van der Waals surface area (Å²) in [5, 5.41) is 36.5. The van der Waals surface area contributed by atoms with Gasteiger partial charge in [-0.05, 0) is 110 Å². The van der Waals surface area contributed by atoms with Crippen molar-refractivity contribution in [2.45, 2.75) is 110 Å². The molecule has 17 heteroatoms. The molecular formula is C36H53LiN6O10. The summed E-state index contributed by atoms with van der Waals surface area (Å²) in [6.45, 7) is 15.9. The van der Waals surface area contributed by atoms with Gasteiger partial charge in [-0.3, -0.25) is 20.4 Å². The minimum absolute atomic E-state index is 0. The first-order valence-corrected chi connectivity index (χ1v) is 17.4. The SMILES string of the molecule is CC(C)(C)OC(=O)Nc1cc(CN2CCC(O)(C(=O)[O-])CC2)ccn1.CCOC(=O)C1(O)CCN(Cc2ccnc(NC(=O)OC(C)(C)C)c2)CC1.[Li+]. The molecule has 2 amide bonds. The van der Waals surface area contributed by atoms with Crippen LogP contribution in [0.5, 0.6) is 0 Å². The van der Waals surface area contributed by atoms with Gasteiger partial charge >= 0.3 is 37.0 Å². The van der Waals surface area contributed by atoms with Crippen molar-refractivity contribution in [2.75, 3.05) is 43.4 Å². The minimum Gasteiger partial charge on any atom is -0.547 e. The number of aliphatic hydroxyl groups is 2. The topological polar surface area (TPSA) is 216 Å². The molecule has 0 bridgehead atoms. The Morgan fingerprint density at radius 3 is 1.47 bits per heavy atom. The van der Waals surface area contributed by atoms with Gasteiger partial charge in [-0.15, -0.1) is 0 Å². The van der Waals surface area contributed by atoms with Crippen LogP contribution in [0, 0.1) is 0 Å². The van der Waals surface area contributed by atoms with Crippen LogP contribution in [-0.4, -0.2) is 109 Å². The summed E-state index contributed by atoms with van der Waals surface area (Å²) in [6, 6.07) is 7.21. The average molecular weight is 737 g/mol. The van der Waals surface area contributed by atoms with E-state index in [4.69, 9.17) is 14.2 Å². The molecule has 4 heterocycles. The van der Waals surface area contributed by atoms with E-state index in [-0.39, 0.29) is 38.3 Å². The van der Waals surface area contributed by atoms with Crippen molar-refractivity contribution in [3.8, 4) is 0 Å². The summed E-state index contributed by atoms with van der Waals surface area (Å²) in [7, 11) is 0. The van der Waals surface area contributed by atoms with E-state index < -0.39 is 46.5 Å². The number of piperidine rings is 2. The quantitative estimate of drug-likeness (QED) is 0.149. The number of anilines is 2. The van der Waals surface area contributed by atoms with Crippen LogP contribution in [0.4, 0.5) is 21.2 Å². The molecule has 2 fully saturated rings. The first-order chi connectivity index (χ1) is 24.2. The number of ether oxygens (including phenoxy) is 3. The van der Waals surface area contributed by atoms with Crippen molar-refractivity contribution in [1.82, 2.24) is 19.8 Å². The van der Waals surface area contributed by atoms with Gasteiger partial charge in [0.05, 0.1) is 12.6 Å². The maximum Gasteiger partial charge on any atom is 1.00 e. The number of aromatic nitrogens is 2. The largest absolute Gasteiger partial charge is 1.00 e. The van der Waals surface area contributed by atoms with Gasteiger partial charge in [-0.25, -0.2) is 24.4 Å². The number of pyridine rings is 2. The number of carboxylic acids is 1. The molecule has 16 nitrogen and oxygen atoms in total. The van der Waals surface area contributed by atoms with Crippen molar-refractivity contribution >= 4 is 35.8 Å². The summed E-state index contributed by atoms with van der Waals surface area (Å²) in [5.41, 5.74) is -2.42. The number of likely N-dealkylation sites (tertiary alicyclic amines) is 2. The van der Waals surface area contributed by atoms with Crippen LogP contribution in [-0.2, 0) is 36.9 Å². The van der Waals surface area contributed by atoms with Crippen LogP contribution in [0.1, 0.15) is 85.3 Å². The van der Waals surface area contributed by atoms with E-state index in [1.165, 1.54) is 0 Å². The normalized spacial score (nSPS) is 17.2. The van der Waals surface area contributed by atoms with Gasteiger partial charge in [0.25, 0.3) is 0 Å². The molecular weight excluding hydrogens is 683 g/mol. The van der Waals surface area contributed by atoms with E-state index in [2.05, 4.69) is 25.5 Å². The molecule has 2 aromatic rings. The van der Waals surface area contributed by atoms with Crippen LogP contribution >= 0.6 is 0 Å². The number of carbonyl (C=O) groups excluding carboxylic acids is 4. The number of amides is 2. The number of rotatable bonds is 9. The van der Waals surface area contributed by atoms with Crippen LogP contribution in [0.2, 0.25) is 0 Å². The first kappa shape index (κ1) is 45.4. The number of nitrogens with zero attached hydrogens (tertiary/aromatic N) is 4. The van der Waals surface area contributed by atoms with Gasteiger partial charge in [0, 0.05) is 51.7 Å². The predicted octanol–water partition coefficient (Wildman–Crippen LogP) is -0.172. The molecule has 0 radical (unpaired) electrons. The van der Waals surface area contributed by atoms with Gasteiger partial charge in [0.2, 0.25) is 0 Å². The Morgan fingerprint density at radius 2 is 1.13 bits per heavy atom. The third-order valence-electron chi connectivity index (χ3n) is 8.12. The Balaban J connectivity index is 0.000000361. The molecule has 288 valence electrons. The van der Waals surface area contributed by atoms with Crippen molar-refractivity contribution in [3.05, 3.63) is 47.8 Å². The van der Waals surface area contributed by atoms with Crippen LogP contribution < -0.4 is 34.6 Å². The molecule has 4 N–H and O–H groups in total. The van der Waals surface area contributed by atoms with Crippen molar-refractivity contribution in [1.29, 1.82) is 0 Å². The van der Waals surface area contributed by atoms with E-state index in [0.717, 1.165) is 11.1 Å². The number of aliphatic carboxylic acids is 1. The van der Waals surface area contributed by atoms with Crippen LogP contribution in [0.25, 0.3) is 0 Å². The van der Waals surface area contributed by atoms with E-state index in [0.29, 0.717) is 63.7 Å². The second kappa shape index (κ2) is 19.5. The number of carboxylic acid groups (broad SMARTS) is 1. The molecule has 0 spiro atoms. The Hall–Kier alpha value is -3.78. The molecule has 4 rings (SSSR count). The standard InChI is InChI=1S/C19H29N3O5.C17H25N3O5.Li/c1-5-26-16(23)19(25)7-10-22(11-8-19)13-14-6-9-20-15(12-14)21-17(24)27-18(2,3)4;1-16(2,3)25-15(23)19-13-10-12(4-7-18-13)11-20-8-5-17(24,6-9-20)14(21)22;/h6,9,12,25H,5,7-8,10-11,13H2,1-4H3,(H,20,21,24);4,7,10,24H,5-6,8-9,11H2,1-3H3,(H,21,22)(H,18,19,23);/q;;+1/p-1. The Labute approximate surface area is 323 Å². The maximum atomic E-state index is 11.9. The van der Waals surface area contributed by atoms with Gasteiger partial charge in [0.1, 0.15) is 28.4 Å². The molecule has 53 heavy (non-hydrogen) atoms. The van der Waals surface area contributed by atoms with Crippen molar-refractivity contribution in [3.63, 3.8) is 0 Å². The summed E-state index contributed by atoms with van der Waals surface area (Å²) < 4.78 is 15.4. The Kier molecular flexibility index (Phi) is 16.7.